The molecule has 0 saturated carbocycles. The first-order chi connectivity index (χ1) is 13.8. The van der Waals surface area contributed by atoms with Gasteiger partial charge in [0.15, 0.2) is 0 Å². The first kappa shape index (κ1) is 21.0. The van der Waals surface area contributed by atoms with Crippen LogP contribution in [0.2, 0.25) is 5.02 Å². The summed E-state index contributed by atoms with van der Waals surface area (Å²) in [6.45, 7) is 1.38. The average Bonchev–Trinajstić information content (AvgIpc) is 3.08. The Labute approximate surface area is 173 Å². The number of nitrogens with zero attached hydrogens (tertiary/aromatic N) is 2. The van der Waals surface area contributed by atoms with Crippen LogP contribution in [0.4, 0.5) is 15.8 Å². The number of anilines is 1. The van der Waals surface area contributed by atoms with Gasteiger partial charge in [-0.15, -0.1) is 0 Å². The van der Waals surface area contributed by atoms with E-state index >= 15 is 0 Å². The van der Waals surface area contributed by atoms with Crippen molar-refractivity contribution < 1.29 is 14.1 Å². The van der Waals surface area contributed by atoms with E-state index in [0.29, 0.717) is 12.2 Å². The van der Waals surface area contributed by atoms with E-state index < -0.39 is 16.6 Å². The van der Waals surface area contributed by atoms with Crippen molar-refractivity contribution in [3.63, 3.8) is 0 Å². The number of halogens is 2. The first-order valence-corrected chi connectivity index (χ1v) is 9.59. The van der Waals surface area contributed by atoms with Crippen LogP contribution in [0.25, 0.3) is 0 Å². The monoisotopic (exact) mass is 420 g/mol. The molecule has 2 atom stereocenters. The Morgan fingerprint density at radius 1 is 1.34 bits per heavy atom. The Bertz CT molecular complexity index is 940. The van der Waals surface area contributed by atoms with Gasteiger partial charge < -0.3 is 10.6 Å². The van der Waals surface area contributed by atoms with E-state index in [1.54, 1.807) is 12.1 Å². The van der Waals surface area contributed by atoms with Crippen molar-refractivity contribution in [3.05, 3.63) is 68.5 Å². The number of benzene rings is 2. The second-order valence-electron chi connectivity index (χ2n) is 7.09. The summed E-state index contributed by atoms with van der Waals surface area (Å²) in [7, 11) is 3.46. The predicted molar refractivity (Wildman–Crippen MR) is 110 cm³/mol. The van der Waals surface area contributed by atoms with Gasteiger partial charge in [0, 0.05) is 37.5 Å². The van der Waals surface area contributed by atoms with Gasteiger partial charge in [-0.1, -0.05) is 17.7 Å². The maximum absolute atomic E-state index is 14.0. The lowest BCUT2D eigenvalue weighted by atomic mass is 9.93. The summed E-state index contributed by atoms with van der Waals surface area (Å²) < 4.78 is 14.0. The van der Waals surface area contributed by atoms with Gasteiger partial charge in [0.25, 0.3) is 11.6 Å². The topological polar surface area (TPSA) is 87.5 Å². The van der Waals surface area contributed by atoms with E-state index in [9.17, 15) is 19.3 Å². The zero-order valence-electron chi connectivity index (χ0n) is 16.1. The number of likely N-dealkylation sites (tertiary alicyclic amines) is 1. The van der Waals surface area contributed by atoms with Gasteiger partial charge >= 0.3 is 0 Å². The number of carbonyl (C=O) groups is 1. The summed E-state index contributed by atoms with van der Waals surface area (Å²) >= 11 is 5.81. The number of non-ortho nitro benzene ring substituents is 1. The summed E-state index contributed by atoms with van der Waals surface area (Å²) in [5.41, 5.74) is 1.42. The maximum atomic E-state index is 14.0. The molecule has 1 saturated heterocycles. The van der Waals surface area contributed by atoms with Crippen LogP contribution in [0, 0.1) is 21.8 Å². The summed E-state index contributed by atoms with van der Waals surface area (Å²) in [4.78, 5) is 24.8. The largest absolute Gasteiger partial charge is 0.384 e. The van der Waals surface area contributed by atoms with Crippen LogP contribution >= 0.6 is 11.6 Å². The highest BCUT2D eigenvalue weighted by atomic mass is 35.5. The van der Waals surface area contributed by atoms with Gasteiger partial charge in [0.1, 0.15) is 5.82 Å². The van der Waals surface area contributed by atoms with Gasteiger partial charge in [-0.2, -0.15) is 0 Å². The Kier molecular flexibility index (Phi) is 6.34. The molecule has 0 aromatic heterocycles. The van der Waals surface area contributed by atoms with Crippen LogP contribution in [-0.4, -0.2) is 42.9 Å². The molecule has 2 unspecified atom stereocenters. The van der Waals surface area contributed by atoms with E-state index in [0.717, 1.165) is 18.5 Å². The third-order valence-corrected chi connectivity index (χ3v) is 5.61. The van der Waals surface area contributed by atoms with E-state index in [1.807, 2.05) is 13.1 Å². The van der Waals surface area contributed by atoms with Crippen molar-refractivity contribution in [1.82, 2.24) is 10.2 Å². The standard InChI is InChI=1S/C20H22ClFN4O3/c1-23-20(27)15-10-14(26(28)29)4-6-18(15)24-11-13-7-8-25(2)19(13)12-3-5-16(21)17(22)9-12/h3-6,9-10,13,19,24H,7-8,11H2,1-2H3,(H,23,27). The molecular formula is C20H22ClFN4O3. The molecule has 0 bridgehead atoms. The third kappa shape index (κ3) is 4.49. The molecule has 2 aromatic rings. The van der Waals surface area contributed by atoms with Crippen LogP contribution in [0.5, 0.6) is 0 Å². The minimum Gasteiger partial charge on any atom is -0.384 e. The molecule has 0 spiro atoms. The maximum Gasteiger partial charge on any atom is 0.270 e. The van der Waals surface area contributed by atoms with Gasteiger partial charge in [0.05, 0.1) is 15.5 Å². The Morgan fingerprint density at radius 3 is 2.76 bits per heavy atom. The van der Waals surface area contributed by atoms with E-state index in [2.05, 4.69) is 15.5 Å². The molecule has 1 heterocycles. The normalized spacial score (nSPS) is 19.2. The summed E-state index contributed by atoms with van der Waals surface area (Å²) in [5, 5.41) is 16.9. The van der Waals surface area contributed by atoms with Crippen molar-refractivity contribution in [2.75, 3.05) is 32.5 Å². The van der Waals surface area contributed by atoms with Gasteiger partial charge in [0.2, 0.25) is 0 Å². The van der Waals surface area contributed by atoms with Gasteiger partial charge in [-0.25, -0.2) is 4.39 Å². The average molecular weight is 421 g/mol. The fourth-order valence-corrected chi connectivity index (χ4v) is 3.94. The van der Waals surface area contributed by atoms with Crippen LogP contribution in [0.15, 0.2) is 36.4 Å². The predicted octanol–water partition coefficient (Wildman–Crippen LogP) is 3.85. The molecule has 0 radical (unpaired) electrons. The fourth-order valence-electron chi connectivity index (χ4n) is 3.83. The first-order valence-electron chi connectivity index (χ1n) is 9.21. The van der Waals surface area contributed by atoms with E-state index in [1.165, 1.54) is 25.2 Å². The molecule has 154 valence electrons. The number of nitrogens with one attached hydrogen (secondary N) is 2. The number of rotatable bonds is 6. The number of amides is 1. The molecule has 1 amide bonds. The highest BCUT2D eigenvalue weighted by Crippen LogP contribution is 2.37. The quantitative estimate of drug-likeness (QED) is 0.547. The zero-order valence-corrected chi connectivity index (χ0v) is 16.9. The molecule has 2 aromatic carbocycles. The highest BCUT2D eigenvalue weighted by molar-refractivity contribution is 6.30. The van der Waals surface area contributed by atoms with Gasteiger partial charge in [-0.05, 0) is 49.7 Å². The lowest BCUT2D eigenvalue weighted by Gasteiger charge is -2.26. The number of carbonyl (C=O) groups excluding carboxylic acids is 1. The molecule has 1 fully saturated rings. The summed E-state index contributed by atoms with van der Waals surface area (Å²) in [6.07, 6.45) is 0.890. The lowest BCUT2D eigenvalue weighted by Crippen LogP contribution is -2.26. The zero-order chi connectivity index (χ0) is 21.1. The molecule has 3 rings (SSSR count). The molecule has 0 aliphatic carbocycles. The van der Waals surface area contributed by atoms with Crippen LogP contribution < -0.4 is 10.6 Å². The minimum atomic E-state index is -0.534. The van der Waals surface area contributed by atoms with Crippen LogP contribution in [-0.2, 0) is 0 Å². The number of nitro groups is 1. The number of hydrogen-bond acceptors (Lipinski definition) is 5. The van der Waals surface area contributed by atoms with Crippen molar-refractivity contribution in [2.24, 2.45) is 5.92 Å². The van der Waals surface area contributed by atoms with Crippen molar-refractivity contribution in [2.45, 2.75) is 12.5 Å². The van der Waals surface area contributed by atoms with Gasteiger partial charge in [-0.3, -0.25) is 19.8 Å². The Morgan fingerprint density at radius 2 is 2.10 bits per heavy atom. The molecule has 1 aliphatic rings. The third-order valence-electron chi connectivity index (χ3n) is 5.30. The second-order valence-corrected chi connectivity index (χ2v) is 7.50. The van der Waals surface area contributed by atoms with Crippen LogP contribution in [0.1, 0.15) is 28.4 Å². The molecule has 9 heteroatoms. The van der Waals surface area contributed by atoms with Crippen LogP contribution in [0.3, 0.4) is 0 Å². The molecule has 1 aliphatic heterocycles. The molecule has 29 heavy (non-hydrogen) atoms. The minimum absolute atomic E-state index is 0.00392. The molecular weight excluding hydrogens is 399 g/mol. The van der Waals surface area contributed by atoms with Crippen molar-refractivity contribution in [3.8, 4) is 0 Å². The van der Waals surface area contributed by atoms with E-state index in [-0.39, 0.29) is 28.2 Å². The Hall–Kier alpha value is -2.71. The van der Waals surface area contributed by atoms with Crippen molar-refractivity contribution in [1.29, 1.82) is 0 Å². The SMILES string of the molecule is CNC(=O)c1cc([N+](=O)[O-])ccc1NCC1CCN(C)C1c1ccc(Cl)c(F)c1. The second kappa shape index (κ2) is 8.75. The summed E-state index contributed by atoms with van der Waals surface area (Å²) in [5.74, 6) is -0.696. The smallest absolute Gasteiger partial charge is 0.270 e. The Balaban J connectivity index is 1.82. The number of nitro benzene ring substituents is 1. The molecule has 7 nitrogen and oxygen atoms in total. The lowest BCUT2D eigenvalue weighted by molar-refractivity contribution is -0.384. The fraction of sp³-hybridized carbons (Fsp3) is 0.350. The van der Waals surface area contributed by atoms with E-state index in [4.69, 9.17) is 11.6 Å². The van der Waals surface area contributed by atoms with Crippen molar-refractivity contribution >= 4 is 28.9 Å². The molecule has 2 N–H and O–H groups in total. The highest BCUT2D eigenvalue weighted by Gasteiger charge is 2.33. The summed E-state index contributed by atoms with van der Waals surface area (Å²) in [6, 6.07) is 9.00. The number of hydrogen-bond donors (Lipinski definition) is 2.